The maximum atomic E-state index is 6.27. The summed E-state index contributed by atoms with van der Waals surface area (Å²) in [7, 11) is 0. The molecule has 1 aromatic rings. The summed E-state index contributed by atoms with van der Waals surface area (Å²) in [5, 5.41) is 4.41. The number of nitrogens with zero attached hydrogens (tertiary/aromatic N) is 1. The van der Waals surface area contributed by atoms with Gasteiger partial charge in [0, 0.05) is 25.6 Å². The summed E-state index contributed by atoms with van der Waals surface area (Å²) in [5.41, 5.74) is 1.45. The third kappa shape index (κ3) is 3.57. The van der Waals surface area contributed by atoms with Gasteiger partial charge in [-0.3, -0.25) is 4.90 Å². The minimum absolute atomic E-state index is 0.0233. The first-order chi connectivity index (χ1) is 10.3. The van der Waals surface area contributed by atoms with Crippen LogP contribution in [0.1, 0.15) is 24.8 Å². The highest BCUT2D eigenvalue weighted by Crippen LogP contribution is 2.41. The molecule has 21 heavy (non-hydrogen) atoms. The van der Waals surface area contributed by atoms with E-state index in [0.29, 0.717) is 12.5 Å². The fourth-order valence-electron chi connectivity index (χ4n) is 3.70. The lowest BCUT2D eigenvalue weighted by Crippen LogP contribution is -2.54. The van der Waals surface area contributed by atoms with Crippen molar-refractivity contribution >= 4 is 11.3 Å². The van der Waals surface area contributed by atoms with Gasteiger partial charge in [0.25, 0.3) is 0 Å². The molecular weight excluding hydrogens is 282 g/mol. The Morgan fingerprint density at radius 3 is 3.33 bits per heavy atom. The zero-order valence-corrected chi connectivity index (χ0v) is 13.4. The molecule has 0 unspecified atom stereocenters. The topological polar surface area (TPSA) is 21.7 Å². The van der Waals surface area contributed by atoms with E-state index < -0.39 is 0 Å². The van der Waals surface area contributed by atoms with E-state index in [4.69, 9.17) is 9.47 Å². The Bertz CT molecular complexity index is 448. The maximum Gasteiger partial charge on any atom is 0.0859 e. The van der Waals surface area contributed by atoms with Crippen molar-refractivity contribution in [1.82, 2.24) is 4.90 Å². The third-order valence-electron chi connectivity index (χ3n) is 4.73. The summed E-state index contributed by atoms with van der Waals surface area (Å²) in [6, 6.07) is 2.23. The van der Waals surface area contributed by atoms with Gasteiger partial charge in [-0.05, 0) is 35.2 Å². The normalized spacial score (nSPS) is 30.0. The van der Waals surface area contributed by atoms with Crippen LogP contribution in [0.3, 0.4) is 0 Å². The average molecular weight is 307 g/mol. The Balaban J connectivity index is 1.61. The zero-order chi connectivity index (χ0) is 14.5. The highest BCUT2D eigenvalue weighted by Gasteiger charge is 2.46. The Hall–Kier alpha value is -0.680. The lowest BCUT2D eigenvalue weighted by molar-refractivity contribution is -0.142. The van der Waals surface area contributed by atoms with Gasteiger partial charge in [0.05, 0.1) is 25.4 Å². The molecule has 3 nitrogen and oxygen atoms in total. The molecule has 3 rings (SSSR count). The van der Waals surface area contributed by atoms with Crippen LogP contribution in [-0.2, 0) is 16.0 Å². The molecule has 2 aliphatic rings. The third-order valence-corrected chi connectivity index (χ3v) is 5.46. The lowest BCUT2D eigenvalue weighted by atomic mass is 9.89. The summed E-state index contributed by atoms with van der Waals surface area (Å²) in [6.07, 6.45) is 5.49. The minimum Gasteiger partial charge on any atom is -0.377 e. The minimum atomic E-state index is 0.0233. The van der Waals surface area contributed by atoms with Crippen LogP contribution in [0.5, 0.6) is 0 Å². The second-order valence-electron chi connectivity index (χ2n) is 6.17. The van der Waals surface area contributed by atoms with Crippen molar-refractivity contribution in [2.45, 2.75) is 31.4 Å². The summed E-state index contributed by atoms with van der Waals surface area (Å²) in [4.78, 5) is 2.55. The molecule has 2 fully saturated rings. The molecule has 1 aliphatic heterocycles. The molecule has 1 saturated carbocycles. The van der Waals surface area contributed by atoms with Gasteiger partial charge in [-0.2, -0.15) is 11.3 Å². The maximum absolute atomic E-state index is 6.27. The Morgan fingerprint density at radius 1 is 1.57 bits per heavy atom. The van der Waals surface area contributed by atoms with Crippen LogP contribution in [0, 0.1) is 5.92 Å². The van der Waals surface area contributed by atoms with Crippen molar-refractivity contribution in [1.29, 1.82) is 0 Å². The molecule has 1 aromatic heterocycles. The van der Waals surface area contributed by atoms with Gasteiger partial charge in [-0.1, -0.05) is 12.5 Å². The molecule has 0 bridgehead atoms. The first kappa shape index (κ1) is 15.2. The molecule has 116 valence electrons. The number of hydrogen-bond acceptors (Lipinski definition) is 4. The highest BCUT2D eigenvalue weighted by atomic mass is 32.1. The van der Waals surface area contributed by atoms with Crippen molar-refractivity contribution < 1.29 is 9.47 Å². The molecule has 1 spiro atoms. The lowest BCUT2D eigenvalue weighted by Gasteiger charge is -2.44. The van der Waals surface area contributed by atoms with E-state index >= 15 is 0 Å². The van der Waals surface area contributed by atoms with Gasteiger partial charge in [0.15, 0.2) is 0 Å². The van der Waals surface area contributed by atoms with Crippen LogP contribution >= 0.6 is 11.3 Å². The molecule has 0 amide bonds. The molecule has 1 aliphatic carbocycles. The van der Waals surface area contributed by atoms with E-state index in [1.807, 2.05) is 6.08 Å². The van der Waals surface area contributed by atoms with Gasteiger partial charge >= 0.3 is 0 Å². The molecule has 1 saturated heterocycles. The molecule has 0 radical (unpaired) electrons. The predicted octanol–water partition coefficient (Wildman–Crippen LogP) is 3.32. The van der Waals surface area contributed by atoms with Gasteiger partial charge < -0.3 is 9.47 Å². The fourth-order valence-corrected chi connectivity index (χ4v) is 4.36. The first-order valence-electron chi connectivity index (χ1n) is 7.88. The quantitative estimate of drug-likeness (QED) is 0.594. The molecule has 0 aromatic carbocycles. The van der Waals surface area contributed by atoms with E-state index in [9.17, 15) is 0 Å². The summed E-state index contributed by atoms with van der Waals surface area (Å²) < 4.78 is 12.0. The van der Waals surface area contributed by atoms with Gasteiger partial charge in [-0.25, -0.2) is 0 Å². The average Bonchev–Trinajstić information content (AvgIpc) is 3.11. The number of morpholine rings is 1. The molecular formula is C17H25NO2S. The summed E-state index contributed by atoms with van der Waals surface area (Å²) in [6.45, 7) is 9.15. The van der Waals surface area contributed by atoms with Crippen molar-refractivity contribution in [3.05, 3.63) is 35.0 Å². The SMILES string of the molecule is C=CCOC[C@@H]1CCC[C@@]12CN(Cc1ccsc1)CCO2. The van der Waals surface area contributed by atoms with E-state index in [1.165, 1.54) is 24.8 Å². The number of rotatable bonds is 6. The van der Waals surface area contributed by atoms with E-state index in [2.05, 4.69) is 28.3 Å². The van der Waals surface area contributed by atoms with Crippen LogP contribution in [0.15, 0.2) is 29.5 Å². The van der Waals surface area contributed by atoms with Crippen molar-refractivity contribution in [3.63, 3.8) is 0 Å². The predicted molar refractivity (Wildman–Crippen MR) is 86.6 cm³/mol. The standard InChI is InChI=1S/C17H25NO2S/c1-2-8-19-12-16-4-3-6-17(16)14-18(7-9-20-17)11-15-5-10-21-13-15/h2,5,10,13,16H,1,3-4,6-9,11-12,14H2/t16-,17+/m0/s1. The first-order valence-corrected chi connectivity index (χ1v) is 8.83. The van der Waals surface area contributed by atoms with Crippen LogP contribution in [-0.4, -0.2) is 43.4 Å². The molecule has 2 atom stereocenters. The van der Waals surface area contributed by atoms with Crippen LogP contribution < -0.4 is 0 Å². The smallest absolute Gasteiger partial charge is 0.0859 e. The van der Waals surface area contributed by atoms with Gasteiger partial charge in [0.1, 0.15) is 0 Å². The highest BCUT2D eigenvalue weighted by molar-refractivity contribution is 7.07. The van der Waals surface area contributed by atoms with Crippen LogP contribution in [0.4, 0.5) is 0 Å². The molecule has 0 N–H and O–H groups in total. The Kier molecular flexibility index (Phi) is 5.11. The van der Waals surface area contributed by atoms with Gasteiger partial charge in [0.2, 0.25) is 0 Å². The zero-order valence-electron chi connectivity index (χ0n) is 12.6. The second kappa shape index (κ2) is 7.05. The Morgan fingerprint density at radius 2 is 2.52 bits per heavy atom. The van der Waals surface area contributed by atoms with Gasteiger partial charge in [-0.15, -0.1) is 6.58 Å². The fraction of sp³-hybridized carbons (Fsp3) is 0.647. The van der Waals surface area contributed by atoms with E-state index in [-0.39, 0.29) is 5.60 Å². The number of hydrogen-bond donors (Lipinski definition) is 0. The Labute approximate surface area is 131 Å². The van der Waals surface area contributed by atoms with Crippen molar-refractivity contribution in [2.24, 2.45) is 5.92 Å². The monoisotopic (exact) mass is 307 g/mol. The largest absolute Gasteiger partial charge is 0.377 e. The summed E-state index contributed by atoms with van der Waals surface area (Å²) >= 11 is 1.78. The molecule has 4 heteroatoms. The number of ether oxygens (including phenoxy) is 2. The van der Waals surface area contributed by atoms with Crippen LogP contribution in [0.2, 0.25) is 0 Å². The van der Waals surface area contributed by atoms with Crippen molar-refractivity contribution in [3.8, 4) is 0 Å². The van der Waals surface area contributed by atoms with Crippen LogP contribution in [0.25, 0.3) is 0 Å². The van der Waals surface area contributed by atoms with Crippen molar-refractivity contribution in [2.75, 3.05) is 32.9 Å². The van der Waals surface area contributed by atoms with E-state index in [1.54, 1.807) is 11.3 Å². The number of thiophene rings is 1. The van der Waals surface area contributed by atoms with E-state index in [0.717, 1.165) is 32.8 Å². The summed E-state index contributed by atoms with van der Waals surface area (Å²) in [5.74, 6) is 0.530. The second-order valence-corrected chi connectivity index (χ2v) is 6.95. The molecule has 2 heterocycles.